The first-order chi connectivity index (χ1) is 10.2. The molecule has 0 aliphatic carbocycles. The van der Waals surface area contributed by atoms with E-state index in [-0.39, 0.29) is 17.6 Å². The van der Waals surface area contributed by atoms with Crippen molar-refractivity contribution in [3.05, 3.63) is 41.6 Å². The van der Waals surface area contributed by atoms with Crippen LogP contribution in [-0.4, -0.2) is 25.2 Å². The van der Waals surface area contributed by atoms with Gasteiger partial charge in [0.1, 0.15) is 11.6 Å². The van der Waals surface area contributed by atoms with E-state index in [9.17, 15) is 4.79 Å². The maximum Gasteiger partial charge on any atom is 0.263 e. The average molecular weight is 285 g/mol. The zero-order valence-electron chi connectivity index (χ0n) is 12.1. The second kappa shape index (κ2) is 7.46. The third-order valence-corrected chi connectivity index (χ3v) is 3.31. The molecule has 1 unspecified atom stereocenters. The topological polar surface area (TPSA) is 74.2 Å². The van der Waals surface area contributed by atoms with Crippen LogP contribution in [0.25, 0.3) is 0 Å². The lowest BCUT2D eigenvalue weighted by Gasteiger charge is -2.10. The molecule has 1 aliphatic heterocycles. The average Bonchev–Trinajstić information content (AvgIpc) is 3.01. The molecule has 5 nitrogen and oxygen atoms in total. The summed E-state index contributed by atoms with van der Waals surface area (Å²) >= 11 is 0. The fourth-order valence-corrected chi connectivity index (χ4v) is 2.06. The molecule has 21 heavy (non-hydrogen) atoms. The summed E-state index contributed by atoms with van der Waals surface area (Å²) in [4.78, 5) is 11.9. The molecular weight excluding hydrogens is 266 g/mol. The van der Waals surface area contributed by atoms with Crippen molar-refractivity contribution < 1.29 is 9.53 Å². The van der Waals surface area contributed by atoms with Crippen LogP contribution >= 0.6 is 0 Å². The highest BCUT2D eigenvalue weighted by atomic mass is 16.5. The summed E-state index contributed by atoms with van der Waals surface area (Å²) in [6.45, 7) is 3.19. The first-order valence-corrected chi connectivity index (χ1v) is 7.02. The van der Waals surface area contributed by atoms with Crippen LogP contribution < -0.4 is 10.6 Å². The number of benzene rings is 1. The zero-order chi connectivity index (χ0) is 15.1. The van der Waals surface area contributed by atoms with E-state index in [1.54, 1.807) is 0 Å². The molecule has 2 N–H and O–H groups in total. The second-order valence-electron chi connectivity index (χ2n) is 5.03. The maximum atomic E-state index is 11.9. The molecule has 5 heteroatoms. The number of carbonyl (C=O) groups is 1. The van der Waals surface area contributed by atoms with Gasteiger partial charge in [-0.1, -0.05) is 17.7 Å². The number of ether oxygens (including phenoxy) is 1. The number of rotatable bonds is 5. The zero-order valence-corrected chi connectivity index (χ0v) is 12.1. The summed E-state index contributed by atoms with van der Waals surface area (Å²) in [6, 6.07) is 9.61. The number of carbonyl (C=O) groups excluding carboxylic acids is 1. The van der Waals surface area contributed by atoms with Crippen LogP contribution in [0.5, 0.6) is 0 Å². The highest BCUT2D eigenvalue weighted by Crippen LogP contribution is 2.11. The first-order valence-electron chi connectivity index (χ1n) is 7.02. The smallest absolute Gasteiger partial charge is 0.263 e. The number of amides is 1. The van der Waals surface area contributed by atoms with Gasteiger partial charge in [-0.15, -0.1) is 0 Å². The Balaban J connectivity index is 1.88. The molecule has 1 aromatic carbocycles. The van der Waals surface area contributed by atoms with Crippen molar-refractivity contribution in [2.75, 3.05) is 18.5 Å². The predicted molar refractivity (Wildman–Crippen MR) is 80.5 cm³/mol. The van der Waals surface area contributed by atoms with Gasteiger partial charge in [-0.25, -0.2) is 0 Å². The van der Waals surface area contributed by atoms with Crippen molar-refractivity contribution in [3.63, 3.8) is 0 Å². The van der Waals surface area contributed by atoms with Gasteiger partial charge in [-0.3, -0.25) is 4.79 Å². The molecule has 1 fully saturated rings. The van der Waals surface area contributed by atoms with Gasteiger partial charge in [0.15, 0.2) is 0 Å². The van der Waals surface area contributed by atoms with E-state index in [1.165, 1.54) is 6.20 Å². The maximum absolute atomic E-state index is 11.9. The van der Waals surface area contributed by atoms with Gasteiger partial charge >= 0.3 is 0 Å². The standard InChI is InChI=1S/C16H19N3O2/c1-12-4-6-14(7-5-12)18-10-13(9-17)16(20)19-11-15-3-2-8-21-15/h4-7,10,15,18H,2-3,8,11H2,1H3,(H,19,20)/b13-10-. The molecular formula is C16H19N3O2. The van der Waals surface area contributed by atoms with Crippen molar-refractivity contribution in [1.29, 1.82) is 5.26 Å². The highest BCUT2D eigenvalue weighted by Gasteiger charge is 2.17. The van der Waals surface area contributed by atoms with E-state index < -0.39 is 0 Å². The van der Waals surface area contributed by atoms with E-state index in [4.69, 9.17) is 10.00 Å². The Labute approximate surface area is 124 Å². The Hall–Kier alpha value is -2.32. The first kappa shape index (κ1) is 15.1. The number of anilines is 1. The minimum Gasteiger partial charge on any atom is -0.376 e. The predicted octanol–water partition coefficient (Wildman–Crippen LogP) is 2.11. The molecule has 1 aliphatic rings. The van der Waals surface area contributed by atoms with Crippen LogP contribution in [-0.2, 0) is 9.53 Å². The van der Waals surface area contributed by atoms with Crippen molar-refractivity contribution in [1.82, 2.24) is 5.32 Å². The van der Waals surface area contributed by atoms with E-state index >= 15 is 0 Å². The van der Waals surface area contributed by atoms with E-state index in [0.29, 0.717) is 6.54 Å². The molecule has 1 atom stereocenters. The third kappa shape index (κ3) is 4.62. The van der Waals surface area contributed by atoms with Gasteiger partial charge in [0.05, 0.1) is 6.10 Å². The van der Waals surface area contributed by atoms with Gasteiger partial charge in [-0.05, 0) is 31.9 Å². The van der Waals surface area contributed by atoms with Crippen LogP contribution in [0.2, 0.25) is 0 Å². The molecule has 1 amide bonds. The molecule has 1 saturated heterocycles. The summed E-state index contributed by atoms with van der Waals surface area (Å²) in [5.41, 5.74) is 2.04. The molecule has 1 aromatic rings. The number of nitrogens with zero attached hydrogens (tertiary/aromatic N) is 1. The normalized spacial score (nSPS) is 18.1. The fraction of sp³-hybridized carbons (Fsp3) is 0.375. The Bertz CT molecular complexity index is 552. The van der Waals surface area contributed by atoms with Crippen LogP contribution in [0.15, 0.2) is 36.0 Å². The van der Waals surface area contributed by atoms with Gasteiger partial charge in [0.25, 0.3) is 5.91 Å². The monoisotopic (exact) mass is 285 g/mol. The Morgan fingerprint density at radius 3 is 2.86 bits per heavy atom. The van der Waals surface area contributed by atoms with E-state index in [0.717, 1.165) is 30.7 Å². The number of nitrogens with one attached hydrogen (secondary N) is 2. The molecule has 1 heterocycles. The number of hydrogen-bond donors (Lipinski definition) is 2. The van der Waals surface area contributed by atoms with Crippen molar-refractivity contribution >= 4 is 11.6 Å². The molecule has 0 bridgehead atoms. The highest BCUT2D eigenvalue weighted by molar-refractivity contribution is 5.97. The minimum atomic E-state index is -0.382. The number of hydrogen-bond acceptors (Lipinski definition) is 4. The van der Waals surface area contributed by atoms with Crippen molar-refractivity contribution in [2.45, 2.75) is 25.9 Å². The molecule has 0 radical (unpaired) electrons. The minimum absolute atomic E-state index is 0.0496. The van der Waals surface area contributed by atoms with Crippen molar-refractivity contribution in [2.24, 2.45) is 0 Å². The largest absolute Gasteiger partial charge is 0.376 e. The lowest BCUT2D eigenvalue weighted by molar-refractivity contribution is -0.117. The van der Waals surface area contributed by atoms with Crippen LogP contribution in [0.1, 0.15) is 18.4 Å². The van der Waals surface area contributed by atoms with Crippen LogP contribution in [0.3, 0.4) is 0 Å². The molecule has 0 aromatic heterocycles. The van der Waals surface area contributed by atoms with E-state index in [2.05, 4.69) is 10.6 Å². The van der Waals surface area contributed by atoms with Gasteiger partial charge in [0.2, 0.25) is 0 Å². The summed E-state index contributed by atoms with van der Waals surface area (Å²) in [5.74, 6) is -0.382. The Morgan fingerprint density at radius 1 is 1.48 bits per heavy atom. The Morgan fingerprint density at radius 2 is 2.24 bits per heavy atom. The number of nitriles is 1. The van der Waals surface area contributed by atoms with Crippen LogP contribution in [0, 0.1) is 18.3 Å². The lowest BCUT2D eigenvalue weighted by Crippen LogP contribution is -2.32. The van der Waals surface area contributed by atoms with Gasteiger partial charge in [0, 0.05) is 25.0 Å². The summed E-state index contributed by atoms with van der Waals surface area (Å²) in [7, 11) is 0. The molecule has 2 rings (SSSR count). The SMILES string of the molecule is Cc1ccc(N/C=C(/C#N)C(=O)NCC2CCCO2)cc1. The van der Waals surface area contributed by atoms with Gasteiger partial charge < -0.3 is 15.4 Å². The quantitative estimate of drug-likeness (QED) is 0.642. The number of aryl methyl sites for hydroxylation is 1. The van der Waals surface area contributed by atoms with E-state index in [1.807, 2.05) is 37.3 Å². The lowest BCUT2D eigenvalue weighted by atomic mass is 10.2. The fourth-order valence-electron chi connectivity index (χ4n) is 2.06. The van der Waals surface area contributed by atoms with Crippen molar-refractivity contribution in [3.8, 4) is 6.07 Å². The van der Waals surface area contributed by atoms with Crippen LogP contribution in [0.4, 0.5) is 5.69 Å². The molecule has 0 spiro atoms. The second-order valence-corrected chi connectivity index (χ2v) is 5.03. The molecule has 0 saturated carbocycles. The third-order valence-electron chi connectivity index (χ3n) is 3.31. The summed E-state index contributed by atoms with van der Waals surface area (Å²) < 4.78 is 5.42. The Kier molecular flexibility index (Phi) is 5.35. The molecule has 110 valence electrons. The summed E-state index contributed by atoms with van der Waals surface area (Å²) in [5, 5.41) is 14.7. The van der Waals surface area contributed by atoms with Gasteiger partial charge in [-0.2, -0.15) is 5.26 Å². The summed E-state index contributed by atoms with van der Waals surface area (Å²) in [6.07, 6.45) is 3.47.